The Balaban J connectivity index is 1.91. The van der Waals surface area contributed by atoms with E-state index in [9.17, 15) is 14.7 Å². The van der Waals surface area contributed by atoms with E-state index in [4.69, 9.17) is 0 Å². The summed E-state index contributed by atoms with van der Waals surface area (Å²) in [5, 5.41) is 16.3. The summed E-state index contributed by atoms with van der Waals surface area (Å²) in [6.07, 6.45) is 6.02. The van der Waals surface area contributed by atoms with Crippen molar-refractivity contribution in [2.75, 3.05) is 13.1 Å². The predicted molar refractivity (Wildman–Crippen MR) is 76.9 cm³/mol. The summed E-state index contributed by atoms with van der Waals surface area (Å²) in [5.74, 6) is -0.912. The number of rotatable bonds is 5. The second-order valence-electron chi connectivity index (χ2n) is 5.45. The lowest BCUT2D eigenvalue weighted by molar-refractivity contribution is -0.148. The van der Waals surface area contributed by atoms with Gasteiger partial charge in [-0.2, -0.15) is 5.10 Å². The van der Waals surface area contributed by atoms with Gasteiger partial charge in [-0.1, -0.05) is 6.92 Å². The Morgan fingerprint density at radius 1 is 1.52 bits per heavy atom. The van der Waals surface area contributed by atoms with E-state index in [1.807, 2.05) is 20.2 Å². The number of carboxylic acid groups (broad SMARTS) is 1. The van der Waals surface area contributed by atoms with Crippen LogP contribution in [0.5, 0.6) is 0 Å². The maximum Gasteiger partial charge on any atom is 0.329 e. The molecule has 2 rings (SSSR count). The van der Waals surface area contributed by atoms with E-state index in [0.29, 0.717) is 32.4 Å². The van der Waals surface area contributed by atoms with Gasteiger partial charge >= 0.3 is 12.0 Å². The zero-order chi connectivity index (χ0) is 15.5. The molecule has 0 radical (unpaired) electrons. The number of aliphatic carboxylic acids is 1. The number of nitrogens with zero attached hydrogens (tertiary/aromatic N) is 3. The highest BCUT2D eigenvalue weighted by Crippen LogP contribution is 2.32. The minimum atomic E-state index is -1.04. The summed E-state index contributed by atoms with van der Waals surface area (Å²) in [6.45, 7) is 2.79. The van der Waals surface area contributed by atoms with Crippen LogP contribution in [0, 0.1) is 0 Å². The van der Waals surface area contributed by atoms with Crippen molar-refractivity contribution in [3.05, 3.63) is 18.0 Å². The third kappa shape index (κ3) is 3.01. The minimum Gasteiger partial charge on any atom is -0.479 e. The van der Waals surface area contributed by atoms with Gasteiger partial charge < -0.3 is 15.3 Å². The van der Waals surface area contributed by atoms with Gasteiger partial charge in [0.1, 0.15) is 5.54 Å². The maximum atomic E-state index is 12.3. The number of hydrogen-bond acceptors (Lipinski definition) is 3. The molecular weight excluding hydrogens is 272 g/mol. The molecule has 0 aromatic carbocycles. The van der Waals surface area contributed by atoms with E-state index in [2.05, 4.69) is 10.4 Å². The Labute approximate surface area is 123 Å². The molecule has 2 heterocycles. The molecule has 1 atom stereocenters. The maximum absolute atomic E-state index is 12.3. The normalized spacial score (nSPS) is 21.5. The standard InChI is InChI=1S/C14H22N4O3/c1-3-14(12(19)20)6-4-8-18(14)13(21)15-7-5-11-9-16-17(2)10-11/h9-10H,3-8H2,1-2H3,(H,15,21)(H,19,20). The van der Waals surface area contributed by atoms with Crippen LogP contribution in [-0.2, 0) is 18.3 Å². The summed E-state index contributed by atoms with van der Waals surface area (Å²) in [7, 11) is 1.84. The number of carbonyl (C=O) groups excluding carboxylic acids is 1. The molecule has 116 valence electrons. The van der Waals surface area contributed by atoms with Crippen molar-refractivity contribution >= 4 is 12.0 Å². The molecule has 0 aliphatic carbocycles. The van der Waals surface area contributed by atoms with Crippen molar-refractivity contribution in [1.29, 1.82) is 0 Å². The van der Waals surface area contributed by atoms with Crippen LogP contribution in [-0.4, -0.2) is 50.4 Å². The van der Waals surface area contributed by atoms with Gasteiger partial charge in [0.05, 0.1) is 6.20 Å². The van der Waals surface area contributed by atoms with Crippen LogP contribution in [0.4, 0.5) is 4.79 Å². The van der Waals surface area contributed by atoms with Gasteiger partial charge in [0.25, 0.3) is 0 Å². The molecule has 1 saturated heterocycles. The molecule has 1 aromatic rings. The Morgan fingerprint density at radius 3 is 2.86 bits per heavy atom. The van der Waals surface area contributed by atoms with Crippen LogP contribution in [0.15, 0.2) is 12.4 Å². The van der Waals surface area contributed by atoms with Crippen LogP contribution in [0.1, 0.15) is 31.7 Å². The van der Waals surface area contributed by atoms with Crippen LogP contribution in [0.25, 0.3) is 0 Å². The number of nitrogens with one attached hydrogen (secondary N) is 1. The predicted octanol–water partition coefficient (Wildman–Crippen LogP) is 1.00. The topological polar surface area (TPSA) is 87.5 Å². The lowest BCUT2D eigenvalue weighted by Crippen LogP contribution is -2.55. The van der Waals surface area contributed by atoms with Gasteiger partial charge in [0.15, 0.2) is 0 Å². The molecule has 1 aliphatic rings. The number of carboxylic acids is 1. The number of urea groups is 1. The summed E-state index contributed by atoms with van der Waals surface area (Å²) in [6, 6.07) is -0.291. The summed E-state index contributed by atoms with van der Waals surface area (Å²) in [4.78, 5) is 25.3. The van der Waals surface area contributed by atoms with E-state index in [1.165, 1.54) is 4.90 Å². The molecule has 7 nitrogen and oxygen atoms in total. The fourth-order valence-corrected chi connectivity index (χ4v) is 2.93. The van der Waals surface area contributed by atoms with E-state index >= 15 is 0 Å². The molecule has 1 aliphatic heterocycles. The molecule has 1 aromatic heterocycles. The minimum absolute atomic E-state index is 0.291. The quantitative estimate of drug-likeness (QED) is 0.848. The Bertz CT molecular complexity index is 528. The van der Waals surface area contributed by atoms with E-state index < -0.39 is 11.5 Å². The first-order valence-corrected chi connectivity index (χ1v) is 7.26. The van der Waals surface area contributed by atoms with Crippen LogP contribution in [0.3, 0.4) is 0 Å². The highest BCUT2D eigenvalue weighted by Gasteiger charge is 2.48. The van der Waals surface area contributed by atoms with E-state index in [-0.39, 0.29) is 6.03 Å². The lowest BCUT2D eigenvalue weighted by atomic mass is 9.93. The molecule has 2 N–H and O–H groups in total. The summed E-state index contributed by atoms with van der Waals surface area (Å²) >= 11 is 0. The van der Waals surface area contributed by atoms with Crippen molar-refractivity contribution in [3.8, 4) is 0 Å². The molecule has 7 heteroatoms. The van der Waals surface area contributed by atoms with Gasteiger partial charge in [-0.3, -0.25) is 4.68 Å². The molecule has 21 heavy (non-hydrogen) atoms. The first-order chi connectivity index (χ1) is 9.99. The zero-order valence-corrected chi connectivity index (χ0v) is 12.5. The zero-order valence-electron chi connectivity index (χ0n) is 12.5. The van der Waals surface area contributed by atoms with Gasteiger partial charge in [0.2, 0.25) is 0 Å². The van der Waals surface area contributed by atoms with Crippen molar-refractivity contribution < 1.29 is 14.7 Å². The number of carbonyl (C=O) groups is 2. The lowest BCUT2D eigenvalue weighted by Gasteiger charge is -2.33. The molecule has 0 saturated carbocycles. The second-order valence-corrected chi connectivity index (χ2v) is 5.45. The SMILES string of the molecule is CCC1(C(=O)O)CCCN1C(=O)NCCc1cnn(C)c1. The highest BCUT2D eigenvalue weighted by molar-refractivity contribution is 5.87. The van der Waals surface area contributed by atoms with Gasteiger partial charge in [-0.15, -0.1) is 0 Å². The number of hydrogen-bond donors (Lipinski definition) is 2. The Hall–Kier alpha value is -2.05. The summed E-state index contributed by atoms with van der Waals surface area (Å²) in [5.41, 5.74) is -0.00233. The third-order valence-corrected chi connectivity index (χ3v) is 4.17. The molecule has 0 spiro atoms. The van der Waals surface area contributed by atoms with Crippen molar-refractivity contribution in [1.82, 2.24) is 20.0 Å². The van der Waals surface area contributed by atoms with Gasteiger partial charge in [-0.25, -0.2) is 9.59 Å². The molecule has 1 unspecified atom stereocenters. The fourth-order valence-electron chi connectivity index (χ4n) is 2.93. The average Bonchev–Trinajstić information content (AvgIpc) is 3.05. The molecule has 0 bridgehead atoms. The average molecular weight is 294 g/mol. The van der Waals surface area contributed by atoms with E-state index in [0.717, 1.165) is 12.0 Å². The number of likely N-dealkylation sites (tertiary alicyclic amines) is 1. The van der Waals surface area contributed by atoms with Gasteiger partial charge in [0, 0.05) is 26.3 Å². The van der Waals surface area contributed by atoms with Crippen molar-refractivity contribution in [2.24, 2.45) is 7.05 Å². The second kappa shape index (κ2) is 6.15. The number of amides is 2. The third-order valence-electron chi connectivity index (χ3n) is 4.17. The largest absolute Gasteiger partial charge is 0.479 e. The Kier molecular flexibility index (Phi) is 4.50. The first-order valence-electron chi connectivity index (χ1n) is 7.26. The van der Waals surface area contributed by atoms with Crippen LogP contribution in [0.2, 0.25) is 0 Å². The van der Waals surface area contributed by atoms with Crippen LogP contribution < -0.4 is 5.32 Å². The highest BCUT2D eigenvalue weighted by atomic mass is 16.4. The number of aromatic nitrogens is 2. The first kappa shape index (κ1) is 15.3. The smallest absolute Gasteiger partial charge is 0.329 e. The van der Waals surface area contributed by atoms with Gasteiger partial charge in [-0.05, 0) is 31.2 Å². The molecule has 2 amide bonds. The van der Waals surface area contributed by atoms with E-state index in [1.54, 1.807) is 10.9 Å². The van der Waals surface area contributed by atoms with Crippen molar-refractivity contribution in [3.63, 3.8) is 0 Å². The Morgan fingerprint density at radius 2 is 2.29 bits per heavy atom. The van der Waals surface area contributed by atoms with Crippen molar-refractivity contribution in [2.45, 2.75) is 38.1 Å². The van der Waals surface area contributed by atoms with Crippen LogP contribution >= 0.6 is 0 Å². The molecular formula is C14H22N4O3. The fraction of sp³-hybridized carbons (Fsp3) is 0.643. The summed E-state index contributed by atoms with van der Waals surface area (Å²) < 4.78 is 1.71. The monoisotopic (exact) mass is 294 g/mol. The molecule has 1 fully saturated rings. The number of aryl methyl sites for hydroxylation is 1.